The van der Waals surface area contributed by atoms with Gasteiger partial charge in [-0.2, -0.15) is 0 Å². The van der Waals surface area contributed by atoms with Crippen molar-refractivity contribution < 1.29 is 9.53 Å². The highest BCUT2D eigenvalue weighted by Gasteiger charge is 2.29. The molecule has 0 heterocycles. The van der Waals surface area contributed by atoms with Crippen LogP contribution in [0.4, 0.5) is 0 Å². The van der Waals surface area contributed by atoms with Crippen molar-refractivity contribution in [2.24, 2.45) is 17.6 Å². The average molecular weight is 275 g/mol. The highest BCUT2D eigenvalue weighted by Crippen LogP contribution is 2.31. The van der Waals surface area contributed by atoms with Gasteiger partial charge in [-0.1, -0.05) is 44.2 Å². The maximum atomic E-state index is 12.4. The van der Waals surface area contributed by atoms with Crippen LogP contribution in [0.2, 0.25) is 0 Å². The summed E-state index contributed by atoms with van der Waals surface area (Å²) in [6.45, 7) is 4.75. The van der Waals surface area contributed by atoms with Gasteiger partial charge in [-0.05, 0) is 36.7 Å². The van der Waals surface area contributed by atoms with E-state index in [1.807, 2.05) is 30.3 Å². The number of hydrogen-bond acceptors (Lipinski definition) is 3. The van der Waals surface area contributed by atoms with Crippen LogP contribution in [-0.4, -0.2) is 18.6 Å². The molecule has 1 aromatic carbocycles. The monoisotopic (exact) mass is 275 g/mol. The van der Waals surface area contributed by atoms with Gasteiger partial charge in [0.25, 0.3) is 0 Å². The summed E-state index contributed by atoms with van der Waals surface area (Å²) in [5.41, 5.74) is 6.71. The van der Waals surface area contributed by atoms with E-state index >= 15 is 0 Å². The van der Waals surface area contributed by atoms with Gasteiger partial charge in [-0.25, -0.2) is 0 Å². The van der Waals surface area contributed by atoms with Crippen LogP contribution in [0.15, 0.2) is 30.3 Å². The summed E-state index contributed by atoms with van der Waals surface area (Å²) < 4.78 is 5.72. The van der Waals surface area contributed by atoms with Gasteiger partial charge in [0.1, 0.15) is 6.10 Å². The Kier molecular flexibility index (Phi) is 5.18. The number of rotatable bonds is 4. The molecule has 0 saturated heterocycles. The highest BCUT2D eigenvalue weighted by atomic mass is 16.5. The van der Waals surface area contributed by atoms with E-state index in [0.29, 0.717) is 18.4 Å². The van der Waals surface area contributed by atoms with Gasteiger partial charge in [0.15, 0.2) is 0 Å². The number of hydrogen-bond donors (Lipinski definition) is 1. The summed E-state index contributed by atoms with van der Waals surface area (Å²) in [5, 5.41) is 0. The van der Waals surface area contributed by atoms with E-state index < -0.39 is 0 Å². The first kappa shape index (κ1) is 15.0. The molecule has 0 bridgehead atoms. The Bertz CT molecular complexity index is 422. The molecule has 1 aliphatic rings. The van der Waals surface area contributed by atoms with Crippen LogP contribution in [0.25, 0.3) is 0 Å². The Hall–Kier alpha value is -1.35. The van der Waals surface area contributed by atoms with Gasteiger partial charge in [0, 0.05) is 6.54 Å². The molecule has 3 heteroatoms. The fourth-order valence-corrected chi connectivity index (χ4v) is 3.27. The maximum Gasteiger partial charge on any atom is 0.314 e. The second kappa shape index (κ2) is 6.89. The third-order valence-corrected chi connectivity index (χ3v) is 4.14. The molecule has 0 radical (unpaired) electrons. The quantitative estimate of drug-likeness (QED) is 0.859. The fraction of sp³-hybridized carbons (Fsp3) is 0.588. The van der Waals surface area contributed by atoms with E-state index in [2.05, 4.69) is 13.8 Å². The summed E-state index contributed by atoms with van der Waals surface area (Å²) >= 11 is 0. The molecular weight excluding hydrogens is 250 g/mol. The van der Waals surface area contributed by atoms with Crippen LogP contribution in [0, 0.1) is 11.8 Å². The minimum absolute atomic E-state index is 0.0546. The lowest BCUT2D eigenvalue weighted by Crippen LogP contribution is -2.32. The molecule has 3 unspecified atom stereocenters. The number of ether oxygens (including phenoxy) is 1. The molecular formula is C17H25NO2. The summed E-state index contributed by atoms with van der Waals surface area (Å²) in [4.78, 5) is 12.4. The molecule has 1 saturated carbocycles. The molecule has 2 rings (SSSR count). The van der Waals surface area contributed by atoms with Gasteiger partial charge >= 0.3 is 5.97 Å². The predicted molar refractivity (Wildman–Crippen MR) is 80.3 cm³/mol. The van der Waals surface area contributed by atoms with E-state index in [4.69, 9.17) is 10.5 Å². The number of esters is 1. The number of nitrogens with two attached hydrogens (primary N) is 1. The van der Waals surface area contributed by atoms with Crippen molar-refractivity contribution >= 4 is 5.97 Å². The normalized spacial score (nSPS) is 27.9. The lowest BCUT2D eigenvalue weighted by molar-refractivity contribution is -0.153. The first-order valence-electron chi connectivity index (χ1n) is 7.55. The van der Waals surface area contributed by atoms with Crippen molar-refractivity contribution in [1.82, 2.24) is 0 Å². The van der Waals surface area contributed by atoms with Gasteiger partial charge in [-0.15, -0.1) is 0 Å². The second-order valence-corrected chi connectivity index (χ2v) is 6.18. The van der Waals surface area contributed by atoms with Crippen molar-refractivity contribution in [2.75, 3.05) is 6.54 Å². The molecule has 1 fully saturated rings. The Balaban J connectivity index is 1.99. The third kappa shape index (κ3) is 3.83. The van der Waals surface area contributed by atoms with Gasteiger partial charge in [-0.3, -0.25) is 4.79 Å². The Labute approximate surface area is 121 Å². The van der Waals surface area contributed by atoms with Crippen LogP contribution in [0.3, 0.4) is 0 Å². The van der Waals surface area contributed by atoms with Gasteiger partial charge < -0.3 is 10.5 Å². The standard InChI is InChI=1S/C17H25NO2/c1-12-8-13(2)10-15(9-12)20-17(19)16(11-18)14-6-4-3-5-7-14/h3-7,12-13,15-16H,8-11,18H2,1-2H3. The molecule has 0 amide bonds. The molecule has 1 aromatic rings. The molecule has 2 N–H and O–H groups in total. The predicted octanol–water partition coefficient (Wildman–Crippen LogP) is 3.10. The van der Waals surface area contributed by atoms with Gasteiger partial charge in [0.2, 0.25) is 0 Å². The molecule has 20 heavy (non-hydrogen) atoms. The zero-order valence-electron chi connectivity index (χ0n) is 12.4. The van der Waals surface area contributed by atoms with Crippen molar-refractivity contribution in [2.45, 2.75) is 45.1 Å². The van der Waals surface area contributed by atoms with E-state index in [1.165, 1.54) is 6.42 Å². The zero-order valence-corrected chi connectivity index (χ0v) is 12.4. The minimum atomic E-state index is -0.344. The van der Waals surface area contributed by atoms with Crippen molar-refractivity contribution in [3.63, 3.8) is 0 Å². The molecule has 110 valence electrons. The van der Waals surface area contributed by atoms with Crippen LogP contribution in [-0.2, 0) is 9.53 Å². The van der Waals surface area contributed by atoms with E-state index in [9.17, 15) is 4.79 Å². The lowest BCUT2D eigenvalue weighted by atomic mass is 9.81. The number of carbonyl (C=O) groups is 1. The molecule has 0 spiro atoms. The Morgan fingerprint density at radius 3 is 2.35 bits per heavy atom. The van der Waals surface area contributed by atoms with Crippen LogP contribution in [0.5, 0.6) is 0 Å². The largest absolute Gasteiger partial charge is 0.462 e. The van der Waals surface area contributed by atoms with E-state index in [0.717, 1.165) is 18.4 Å². The first-order valence-corrected chi connectivity index (χ1v) is 7.55. The van der Waals surface area contributed by atoms with Crippen molar-refractivity contribution in [1.29, 1.82) is 0 Å². The molecule has 3 nitrogen and oxygen atoms in total. The summed E-state index contributed by atoms with van der Waals surface area (Å²) in [6, 6.07) is 9.66. The van der Waals surface area contributed by atoms with Crippen LogP contribution in [0.1, 0.15) is 44.6 Å². The topological polar surface area (TPSA) is 52.3 Å². The minimum Gasteiger partial charge on any atom is -0.462 e. The van der Waals surface area contributed by atoms with E-state index in [-0.39, 0.29) is 18.0 Å². The summed E-state index contributed by atoms with van der Waals surface area (Å²) in [5.74, 6) is 0.739. The number of carbonyl (C=O) groups excluding carboxylic acids is 1. The van der Waals surface area contributed by atoms with Crippen LogP contribution < -0.4 is 5.73 Å². The van der Waals surface area contributed by atoms with Crippen molar-refractivity contribution in [3.8, 4) is 0 Å². The summed E-state index contributed by atoms with van der Waals surface area (Å²) in [6.07, 6.45) is 3.23. The molecule has 0 aromatic heterocycles. The lowest BCUT2D eigenvalue weighted by Gasteiger charge is -2.32. The SMILES string of the molecule is CC1CC(C)CC(OC(=O)C(CN)c2ccccc2)C1. The fourth-order valence-electron chi connectivity index (χ4n) is 3.27. The smallest absolute Gasteiger partial charge is 0.314 e. The van der Waals surface area contributed by atoms with Crippen LogP contribution >= 0.6 is 0 Å². The molecule has 1 aliphatic carbocycles. The molecule has 3 atom stereocenters. The Morgan fingerprint density at radius 1 is 1.20 bits per heavy atom. The molecule has 0 aliphatic heterocycles. The second-order valence-electron chi connectivity index (χ2n) is 6.18. The Morgan fingerprint density at radius 2 is 1.80 bits per heavy atom. The van der Waals surface area contributed by atoms with E-state index in [1.54, 1.807) is 0 Å². The van der Waals surface area contributed by atoms with Gasteiger partial charge in [0.05, 0.1) is 5.92 Å². The summed E-state index contributed by atoms with van der Waals surface area (Å²) in [7, 11) is 0. The number of benzene rings is 1. The van der Waals surface area contributed by atoms with Crippen molar-refractivity contribution in [3.05, 3.63) is 35.9 Å². The highest BCUT2D eigenvalue weighted by molar-refractivity contribution is 5.78. The average Bonchev–Trinajstić information content (AvgIpc) is 2.39. The maximum absolute atomic E-state index is 12.4. The zero-order chi connectivity index (χ0) is 14.5. The third-order valence-electron chi connectivity index (χ3n) is 4.14. The first-order chi connectivity index (χ1) is 9.60.